The maximum absolute atomic E-state index is 5.78. The highest BCUT2D eigenvalue weighted by Gasteiger charge is 2.15. The summed E-state index contributed by atoms with van der Waals surface area (Å²) in [5.74, 6) is 1.34. The normalized spacial score (nSPS) is 12.5. The smallest absolute Gasteiger partial charge is 0.0488 e. The van der Waals surface area contributed by atoms with Gasteiger partial charge in [-0.25, -0.2) is 0 Å². The molecule has 0 aliphatic rings. The van der Waals surface area contributed by atoms with E-state index < -0.39 is 0 Å². The number of alkyl halides is 1. The summed E-state index contributed by atoms with van der Waals surface area (Å²) in [7, 11) is 0. The van der Waals surface area contributed by atoms with Crippen LogP contribution in [-0.4, -0.2) is 19.1 Å². The largest absolute Gasteiger partial charge is 0.381 e. The molecule has 0 spiro atoms. The number of hydrogen-bond donors (Lipinski definition) is 0. The van der Waals surface area contributed by atoms with Gasteiger partial charge in [0, 0.05) is 19.1 Å². The zero-order chi connectivity index (χ0) is 9.61. The van der Waals surface area contributed by atoms with Gasteiger partial charge in [-0.1, -0.05) is 27.7 Å². The Morgan fingerprint density at radius 3 is 2.33 bits per heavy atom. The highest BCUT2D eigenvalue weighted by molar-refractivity contribution is 6.18. The van der Waals surface area contributed by atoms with Crippen LogP contribution in [0.15, 0.2) is 0 Å². The molecule has 0 radical (unpaired) electrons. The molecule has 0 N–H and O–H groups in total. The molecule has 0 unspecified atom stereocenters. The summed E-state index contributed by atoms with van der Waals surface area (Å²) in [6.07, 6.45) is 1.04. The summed E-state index contributed by atoms with van der Waals surface area (Å²) in [4.78, 5) is 0. The lowest BCUT2D eigenvalue weighted by atomic mass is 9.92. The Hall–Kier alpha value is 0.250. The monoisotopic (exact) mass is 192 g/mol. The third-order valence-corrected chi connectivity index (χ3v) is 2.46. The minimum Gasteiger partial charge on any atom is -0.381 e. The van der Waals surface area contributed by atoms with Crippen molar-refractivity contribution in [1.29, 1.82) is 0 Å². The third-order valence-electron chi connectivity index (χ3n) is 1.74. The van der Waals surface area contributed by atoms with Gasteiger partial charge < -0.3 is 4.74 Å². The molecular formula is C10H21ClO. The Kier molecular flexibility index (Phi) is 5.94. The Bertz CT molecular complexity index is 110. The summed E-state index contributed by atoms with van der Waals surface area (Å²) in [6, 6.07) is 0. The van der Waals surface area contributed by atoms with Gasteiger partial charge in [-0.05, 0) is 17.8 Å². The van der Waals surface area contributed by atoms with Crippen molar-refractivity contribution in [2.75, 3.05) is 19.1 Å². The fourth-order valence-electron chi connectivity index (χ4n) is 0.734. The lowest BCUT2D eigenvalue weighted by Crippen LogP contribution is -2.17. The second-order valence-electron chi connectivity index (χ2n) is 4.52. The fraction of sp³-hybridized carbons (Fsp3) is 1.00. The van der Waals surface area contributed by atoms with Gasteiger partial charge in [0.15, 0.2) is 0 Å². The summed E-state index contributed by atoms with van der Waals surface area (Å²) >= 11 is 5.78. The van der Waals surface area contributed by atoms with Gasteiger partial charge in [-0.3, -0.25) is 0 Å². The standard InChI is InChI=1S/C10H21ClO/c1-9(2)7-12-6-5-10(3,4)8-11/h9H,5-8H2,1-4H3. The van der Waals surface area contributed by atoms with Gasteiger partial charge in [0.1, 0.15) is 0 Å². The summed E-state index contributed by atoms with van der Waals surface area (Å²) in [5.41, 5.74) is 0.221. The van der Waals surface area contributed by atoms with Crippen molar-refractivity contribution in [3.05, 3.63) is 0 Å². The van der Waals surface area contributed by atoms with Crippen LogP contribution in [0.1, 0.15) is 34.1 Å². The van der Waals surface area contributed by atoms with Crippen molar-refractivity contribution >= 4 is 11.6 Å². The molecule has 0 aromatic heterocycles. The molecule has 0 aliphatic heterocycles. The van der Waals surface area contributed by atoms with E-state index in [1.807, 2.05) is 0 Å². The van der Waals surface area contributed by atoms with Crippen molar-refractivity contribution in [3.8, 4) is 0 Å². The minimum absolute atomic E-state index is 0.221. The average molecular weight is 193 g/mol. The van der Waals surface area contributed by atoms with Crippen LogP contribution in [0.5, 0.6) is 0 Å². The van der Waals surface area contributed by atoms with Gasteiger partial charge in [-0.2, -0.15) is 0 Å². The van der Waals surface area contributed by atoms with Gasteiger partial charge in [0.25, 0.3) is 0 Å². The Balaban J connectivity index is 3.31. The Labute approximate surface area is 81.4 Å². The lowest BCUT2D eigenvalue weighted by molar-refractivity contribution is 0.0888. The molecule has 0 saturated heterocycles. The first-order chi connectivity index (χ1) is 5.48. The molecule has 0 aromatic carbocycles. The molecule has 0 aliphatic carbocycles. The van der Waals surface area contributed by atoms with Crippen LogP contribution >= 0.6 is 11.6 Å². The van der Waals surface area contributed by atoms with E-state index in [2.05, 4.69) is 27.7 Å². The van der Waals surface area contributed by atoms with Crippen LogP contribution in [0.25, 0.3) is 0 Å². The number of halogens is 1. The van der Waals surface area contributed by atoms with Crippen molar-refractivity contribution in [1.82, 2.24) is 0 Å². The van der Waals surface area contributed by atoms with Crippen LogP contribution in [0, 0.1) is 11.3 Å². The van der Waals surface area contributed by atoms with Crippen LogP contribution in [0.2, 0.25) is 0 Å². The van der Waals surface area contributed by atoms with Crippen LogP contribution < -0.4 is 0 Å². The molecule has 1 nitrogen and oxygen atoms in total. The molecule has 0 aromatic rings. The first kappa shape index (κ1) is 12.2. The van der Waals surface area contributed by atoms with Crippen molar-refractivity contribution in [2.45, 2.75) is 34.1 Å². The van der Waals surface area contributed by atoms with Crippen molar-refractivity contribution < 1.29 is 4.74 Å². The molecule has 0 rings (SSSR count). The van der Waals surface area contributed by atoms with E-state index >= 15 is 0 Å². The van der Waals surface area contributed by atoms with E-state index in [0.717, 1.165) is 19.6 Å². The molecule has 0 amide bonds. The Morgan fingerprint density at radius 1 is 1.33 bits per heavy atom. The first-order valence-electron chi connectivity index (χ1n) is 4.61. The van der Waals surface area contributed by atoms with E-state index in [4.69, 9.17) is 16.3 Å². The van der Waals surface area contributed by atoms with Crippen LogP contribution in [0.3, 0.4) is 0 Å². The second kappa shape index (κ2) is 5.82. The van der Waals surface area contributed by atoms with Gasteiger partial charge >= 0.3 is 0 Å². The zero-order valence-corrected chi connectivity index (χ0v) is 9.45. The van der Waals surface area contributed by atoms with Crippen molar-refractivity contribution in [3.63, 3.8) is 0 Å². The number of hydrogen-bond acceptors (Lipinski definition) is 1. The predicted molar refractivity (Wildman–Crippen MR) is 54.8 cm³/mol. The quantitative estimate of drug-likeness (QED) is 0.464. The van der Waals surface area contributed by atoms with E-state index in [0.29, 0.717) is 11.8 Å². The van der Waals surface area contributed by atoms with Crippen molar-refractivity contribution in [2.24, 2.45) is 11.3 Å². The summed E-state index contributed by atoms with van der Waals surface area (Å²) < 4.78 is 5.47. The number of ether oxygens (including phenoxy) is 1. The maximum atomic E-state index is 5.78. The highest BCUT2D eigenvalue weighted by atomic mass is 35.5. The molecule has 0 fully saturated rings. The SMILES string of the molecule is CC(C)COCCC(C)(C)CCl. The van der Waals surface area contributed by atoms with Crippen LogP contribution in [-0.2, 0) is 4.74 Å². The molecule has 0 atom stereocenters. The van der Waals surface area contributed by atoms with E-state index in [9.17, 15) is 0 Å². The highest BCUT2D eigenvalue weighted by Crippen LogP contribution is 2.21. The van der Waals surface area contributed by atoms with E-state index in [1.54, 1.807) is 0 Å². The maximum Gasteiger partial charge on any atom is 0.0488 e. The fourth-order valence-corrected chi connectivity index (χ4v) is 0.868. The van der Waals surface area contributed by atoms with Gasteiger partial charge in [-0.15, -0.1) is 11.6 Å². The lowest BCUT2D eigenvalue weighted by Gasteiger charge is -2.21. The first-order valence-corrected chi connectivity index (χ1v) is 5.15. The second-order valence-corrected chi connectivity index (χ2v) is 4.78. The zero-order valence-electron chi connectivity index (χ0n) is 8.69. The minimum atomic E-state index is 0.221. The van der Waals surface area contributed by atoms with Gasteiger partial charge in [0.05, 0.1) is 0 Å². The molecular weight excluding hydrogens is 172 g/mol. The topological polar surface area (TPSA) is 9.23 Å². The summed E-state index contributed by atoms with van der Waals surface area (Å²) in [5, 5.41) is 0. The molecule has 2 heteroatoms. The Morgan fingerprint density at radius 2 is 1.92 bits per heavy atom. The van der Waals surface area contributed by atoms with E-state index in [1.165, 1.54) is 0 Å². The molecule has 74 valence electrons. The van der Waals surface area contributed by atoms with E-state index in [-0.39, 0.29) is 5.41 Å². The average Bonchev–Trinajstić information content (AvgIpc) is 1.98. The number of rotatable bonds is 6. The molecule has 12 heavy (non-hydrogen) atoms. The molecule has 0 bridgehead atoms. The summed E-state index contributed by atoms with van der Waals surface area (Å²) in [6.45, 7) is 10.3. The molecule has 0 heterocycles. The molecule has 0 saturated carbocycles. The van der Waals surface area contributed by atoms with Gasteiger partial charge in [0.2, 0.25) is 0 Å². The van der Waals surface area contributed by atoms with Crippen LogP contribution in [0.4, 0.5) is 0 Å². The third kappa shape index (κ3) is 6.93. The predicted octanol–water partition coefficient (Wildman–Crippen LogP) is 3.31.